The maximum Gasteiger partial charge on any atom is 0.262 e. The molecule has 0 radical (unpaired) electrons. The topological polar surface area (TPSA) is 59.8 Å². The molecule has 1 aliphatic rings. The van der Waals surface area contributed by atoms with E-state index in [0.717, 1.165) is 57.9 Å². The predicted molar refractivity (Wildman–Crippen MR) is 144 cm³/mol. The number of fused-ring (bicyclic) bond motifs is 3. The molecule has 0 spiro atoms. The number of thiophene rings is 1. The van der Waals surface area contributed by atoms with E-state index in [1.54, 1.807) is 33.6 Å². The summed E-state index contributed by atoms with van der Waals surface area (Å²) in [6.45, 7) is 3.39. The van der Waals surface area contributed by atoms with Gasteiger partial charge in [-0.05, 0) is 37.3 Å². The van der Waals surface area contributed by atoms with Gasteiger partial charge in [0.25, 0.3) is 5.56 Å². The van der Waals surface area contributed by atoms with Crippen LogP contribution in [-0.2, 0) is 25.9 Å². The second-order valence-corrected chi connectivity index (χ2v) is 11.2. The third kappa shape index (κ3) is 4.59. The molecular formula is C28H26N4OS2. The molecule has 1 N–H and O–H groups in total. The summed E-state index contributed by atoms with van der Waals surface area (Å²) in [4.78, 5) is 25.0. The maximum atomic E-state index is 13.4. The second-order valence-electron chi connectivity index (χ2n) is 9.16. The number of nitrogens with one attached hydrogen (secondary N) is 1. The molecule has 0 saturated carbocycles. The number of thiazole rings is 1. The van der Waals surface area contributed by atoms with Gasteiger partial charge in [-0.25, -0.2) is 9.97 Å². The van der Waals surface area contributed by atoms with Crippen LogP contribution in [0.3, 0.4) is 0 Å². The van der Waals surface area contributed by atoms with Crippen LogP contribution in [0.25, 0.3) is 21.5 Å². The molecule has 2 aromatic carbocycles. The fraction of sp³-hybridized carbons (Fsp3) is 0.250. The van der Waals surface area contributed by atoms with Crippen molar-refractivity contribution in [3.8, 4) is 11.3 Å². The van der Waals surface area contributed by atoms with Crippen molar-refractivity contribution in [3.05, 3.63) is 103 Å². The predicted octanol–water partition coefficient (Wildman–Crippen LogP) is 5.59. The molecule has 6 rings (SSSR count). The first-order chi connectivity index (χ1) is 17.1. The molecule has 0 aliphatic heterocycles. The summed E-state index contributed by atoms with van der Waals surface area (Å²) >= 11 is 3.38. The van der Waals surface area contributed by atoms with Crippen molar-refractivity contribution in [2.75, 3.05) is 0 Å². The third-order valence-corrected chi connectivity index (χ3v) is 8.68. The molecule has 1 unspecified atom stereocenters. The molecule has 0 bridgehead atoms. The van der Waals surface area contributed by atoms with Gasteiger partial charge in [-0.3, -0.25) is 9.36 Å². The van der Waals surface area contributed by atoms with E-state index in [1.807, 2.05) is 18.2 Å². The number of aryl methyl sites for hydroxylation is 2. The summed E-state index contributed by atoms with van der Waals surface area (Å²) < 4.78 is 1.75. The zero-order valence-corrected chi connectivity index (χ0v) is 21.2. The smallest absolute Gasteiger partial charge is 0.262 e. The molecule has 3 heterocycles. The largest absolute Gasteiger partial charge is 0.307 e. The Kier molecular flexibility index (Phi) is 6.06. The molecule has 0 fully saturated rings. The molecule has 3 aromatic heterocycles. The normalized spacial score (nSPS) is 15.4. The molecular weight excluding hydrogens is 472 g/mol. The van der Waals surface area contributed by atoms with Crippen LogP contribution >= 0.6 is 22.7 Å². The number of hydrogen-bond donors (Lipinski definition) is 1. The summed E-state index contributed by atoms with van der Waals surface area (Å²) in [5.74, 6) is 0. The van der Waals surface area contributed by atoms with Crippen LogP contribution in [0.2, 0.25) is 0 Å². The van der Waals surface area contributed by atoms with E-state index in [9.17, 15) is 4.79 Å². The number of hydrogen-bond acceptors (Lipinski definition) is 6. The van der Waals surface area contributed by atoms with Crippen LogP contribution in [0, 0.1) is 6.92 Å². The summed E-state index contributed by atoms with van der Waals surface area (Å²) in [7, 11) is 0. The fourth-order valence-electron chi connectivity index (χ4n) is 4.74. The van der Waals surface area contributed by atoms with Gasteiger partial charge in [-0.15, -0.1) is 22.7 Å². The van der Waals surface area contributed by atoms with Crippen LogP contribution in [0.5, 0.6) is 0 Å². The van der Waals surface area contributed by atoms with Crippen molar-refractivity contribution in [2.24, 2.45) is 0 Å². The number of aromatic nitrogens is 3. The van der Waals surface area contributed by atoms with Gasteiger partial charge in [0.1, 0.15) is 9.84 Å². The SMILES string of the molecule is Cc1ccc(Cn2cnc3sc4c(c3c2=O)CCC(NCc2nc(-c3ccccc3)cs2)C4)cc1. The highest BCUT2D eigenvalue weighted by molar-refractivity contribution is 7.18. The molecule has 7 heteroatoms. The summed E-state index contributed by atoms with van der Waals surface area (Å²) in [6, 6.07) is 19.0. The Morgan fingerprint density at radius 3 is 2.77 bits per heavy atom. The lowest BCUT2D eigenvalue weighted by atomic mass is 9.93. The van der Waals surface area contributed by atoms with Gasteiger partial charge in [0.2, 0.25) is 0 Å². The second kappa shape index (κ2) is 9.49. The Morgan fingerprint density at radius 1 is 1.11 bits per heavy atom. The molecule has 1 aliphatic carbocycles. The minimum Gasteiger partial charge on any atom is -0.307 e. The highest BCUT2D eigenvalue weighted by Crippen LogP contribution is 2.34. The summed E-state index contributed by atoms with van der Waals surface area (Å²) in [5, 5.41) is 7.76. The zero-order valence-electron chi connectivity index (χ0n) is 19.5. The molecule has 0 saturated heterocycles. The average Bonchev–Trinajstić information content (AvgIpc) is 3.51. The first kappa shape index (κ1) is 22.3. The van der Waals surface area contributed by atoms with E-state index in [4.69, 9.17) is 4.98 Å². The van der Waals surface area contributed by atoms with Crippen molar-refractivity contribution in [1.29, 1.82) is 0 Å². The number of benzene rings is 2. The Bertz CT molecular complexity index is 1530. The molecule has 5 nitrogen and oxygen atoms in total. The van der Waals surface area contributed by atoms with Gasteiger partial charge in [-0.1, -0.05) is 60.2 Å². The molecule has 35 heavy (non-hydrogen) atoms. The van der Waals surface area contributed by atoms with Crippen LogP contribution in [0.1, 0.15) is 33.0 Å². The monoisotopic (exact) mass is 498 g/mol. The van der Waals surface area contributed by atoms with Gasteiger partial charge in [0.05, 0.1) is 24.0 Å². The van der Waals surface area contributed by atoms with Crippen molar-refractivity contribution >= 4 is 32.9 Å². The van der Waals surface area contributed by atoms with Gasteiger partial charge < -0.3 is 5.32 Å². The zero-order chi connectivity index (χ0) is 23.8. The van der Waals surface area contributed by atoms with Gasteiger partial charge >= 0.3 is 0 Å². The van der Waals surface area contributed by atoms with E-state index >= 15 is 0 Å². The standard InChI is InChI=1S/C28H26N4OS2/c1-18-7-9-19(10-8-18)15-32-17-30-27-26(28(32)33)22-12-11-21(13-24(22)35-27)29-14-25-31-23(16-34-25)20-5-3-2-4-6-20/h2-10,16-17,21,29H,11-15H2,1H3. The highest BCUT2D eigenvalue weighted by Gasteiger charge is 2.25. The van der Waals surface area contributed by atoms with Crippen molar-refractivity contribution in [1.82, 2.24) is 19.9 Å². The van der Waals surface area contributed by atoms with Gasteiger partial charge in [0, 0.05) is 28.4 Å². The first-order valence-corrected chi connectivity index (χ1v) is 13.6. The minimum absolute atomic E-state index is 0.0794. The molecule has 0 amide bonds. The molecule has 1 atom stereocenters. The molecule has 5 aromatic rings. The van der Waals surface area contributed by atoms with Crippen LogP contribution in [0.15, 0.2) is 71.1 Å². The van der Waals surface area contributed by atoms with Crippen LogP contribution in [-0.4, -0.2) is 20.6 Å². The lowest BCUT2D eigenvalue weighted by molar-refractivity contribution is 0.462. The third-order valence-electron chi connectivity index (χ3n) is 6.67. The van der Waals surface area contributed by atoms with E-state index < -0.39 is 0 Å². The van der Waals surface area contributed by atoms with E-state index in [2.05, 4.69) is 59.0 Å². The lowest BCUT2D eigenvalue weighted by Gasteiger charge is -2.23. The Hall–Kier alpha value is -3.13. The number of rotatable bonds is 6. The van der Waals surface area contributed by atoms with E-state index in [1.165, 1.54) is 16.0 Å². The fourth-order valence-corrected chi connectivity index (χ4v) is 6.76. The lowest BCUT2D eigenvalue weighted by Crippen LogP contribution is -2.33. The average molecular weight is 499 g/mol. The maximum absolute atomic E-state index is 13.4. The van der Waals surface area contributed by atoms with Crippen molar-refractivity contribution in [2.45, 2.75) is 45.3 Å². The first-order valence-electron chi connectivity index (χ1n) is 11.9. The quantitative estimate of drug-likeness (QED) is 0.332. The van der Waals surface area contributed by atoms with Crippen molar-refractivity contribution in [3.63, 3.8) is 0 Å². The van der Waals surface area contributed by atoms with Gasteiger partial charge in [-0.2, -0.15) is 0 Å². The Balaban J connectivity index is 1.16. The van der Waals surface area contributed by atoms with Gasteiger partial charge in [0.15, 0.2) is 0 Å². The number of nitrogens with zero attached hydrogens (tertiary/aromatic N) is 3. The van der Waals surface area contributed by atoms with E-state index in [0.29, 0.717) is 12.6 Å². The van der Waals surface area contributed by atoms with Crippen LogP contribution in [0.4, 0.5) is 0 Å². The summed E-state index contributed by atoms with van der Waals surface area (Å²) in [6.07, 6.45) is 4.56. The Labute approximate surface area is 212 Å². The molecule has 176 valence electrons. The van der Waals surface area contributed by atoms with Crippen LogP contribution < -0.4 is 10.9 Å². The summed E-state index contributed by atoms with van der Waals surface area (Å²) in [5.41, 5.74) is 5.81. The Morgan fingerprint density at radius 2 is 1.94 bits per heavy atom. The highest BCUT2D eigenvalue weighted by atomic mass is 32.1. The van der Waals surface area contributed by atoms with Crippen molar-refractivity contribution < 1.29 is 0 Å². The van der Waals surface area contributed by atoms with E-state index in [-0.39, 0.29) is 5.56 Å². The minimum atomic E-state index is 0.0794.